The van der Waals surface area contributed by atoms with Gasteiger partial charge < -0.3 is 14.2 Å². The van der Waals surface area contributed by atoms with Crippen molar-refractivity contribution in [2.24, 2.45) is 0 Å². The summed E-state index contributed by atoms with van der Waals surface area (Å²) in [6.45, 7) is 1.05. The number of aromatic nitrogens is 1. The lowest BCUT2D eigenvalue weighted by Gasteiger charge is -2.24. The molecule has 0 atom stereocenters. The monoisotopic (exact) mass is 440 g/mol. The zero-order valence-electron chi connectivity index (χ0n) is 17.1. The van der Waals surface area contributed by atoms with Gasteiger partial charge in [-0.3, -0.25) is 9.59 Å². The molecule has 3 aromatic rings. The number of nitrogens with zero attached hydrogens (tertiary/aromatic N) is 2. The summed E-state index contributed by atoms with van der Waals surface area (Å²) in [5.41, 5.74) is 2.62. The van der Waals surface area contributed by atoms with Crippen molar-refractivity contribution in [3.63, 3.8) is 0 Å². The van der Waals surface area contributed by atoms with E-state index in [2.05, 4.69) is 0 Å². The number of para-hydroxylation sites is 1. The maximum absolute atomic E-state index is 13.8. The molecule has 1 aliphatic rings. The molecule has 1 aliphatic heterocycles. The van der Waals surface area contributed by atoms with Gasteiger partial charge in [0.2, 0.25) is 0 Å². The highest BCUT2D eigenvalue weighted by molar-refractivity contribution is 6.34. The number of rotatable bonds is 5. The number of ether oxygens (including phenoxy) is 1. The van der Waals surface area contributed by atoms with Crippen LogP contribution in [0.25, 0.3) is 11.3 Å². The lowest BCUT2D eigenvalue weighted by molar-refractivity contribution is 0.0988. The summed E-state index contributed by atoms with van der Waals surface area (Å²) < 4.78 is 20.3. The molecule has 0 bridgehead atoms. The fraction of sp³-hybridized carbons (Fsp3) is 0.250. The van der Waals surface area contributed by atoms with Crippen LogP contribution >= 0.6 is 11.6 Å². The van der Waals surface area contributed by atoms with Crippen molar-refractivity contribution in [1.82, 2.24) is 4.57 Å². The number of carbonyl (C=O) groups excluding carboxylic acids is 1. The van der Waals surface area contributed by atoms with Gasteiger partial charge in [-0.2, -0.15) is 0 Å². The molecule has 2 aromatic carbocycles. The molecule has 0 N–H and O–H groups in total. The Labute approximate surface area is 184 Å². The minimum Gasteiger partial charge on any atom is -0.383 e. The van der Waals surface area contributed by atoms with Gasteiger partial charge in [-0.25, -0.2) is 4.39 Å². The summed E-state index contributed by atoms with van der Waals surface area (Å²) in [5, 5.41) is 0.482. The van der Waals surface area contributed by atoms with E-state index < -0.39 is 0 Å². The molecule has 0 radical (unpaired) electrons. The van der Waals surface area contributed by atoms with Crippen LogP contribution < -0.4 is 10.5 Å². The highest BCUT2D eigenvalue weighted by atomic mass is 35.5. The van der Waals surface area contributed by atoms with Crippen LogP contribution in [0.4, 0.5) is 10.1 Å². The number of halogens is 2. The first-order valence-electron chi connectivity index (χ1n) is 10.1. The predicted octanol–water partition coefficient (Wildman–Crippen LogP) is 4.55. The van der Waals surface area contributed by atoms with Crippen LogP contribution in [0.2, 0.25) is 5.02 Å². The van der Waals surface area contributed by atoms with Crippen molar-refractivity contribution in [2.75, 3.05) is 25.2 Å². The van der Waals surface area contributed by atoms with E-state index in [0.717, 1.165) is 0 Å². The molecule has 0 saturated heterocycles. The van der Waals surface area contributed by atoms with Crippen LogP contribution in [-0.2, 0) is 17.7 Å². The number of carbonyl (C=O) groups is 1. The predicted molar refractivity (Wildman–Crippen MR) is 119 cm³/mol. The van der Waals surface area contributed by atoms with Gasteiger partial charge in [0.05, 0.1) is 28.6 Å². The quantitative estimate of drug-likeness (QED) is 0.585. The molecule has 0 fully saturated rings. The second-order valence-corrected chi connectivity index (χ2v) is 7.80. The fourth-order valence-corrected chi connectivity index (χ4v) is 4.25. The van der Waals surface area contributed by atoms with Gasteiger partial charge >= 0.3 is 0 Å². The fourth-order valence-electron chi connectivity index (χ4n) is 4.01. The molecule has 0 saturated carbocycles. The van der Waals surface area contributed by atoms with Crippen molar-refractivity contribution in [3.8, 4) is 11.3 Å². The highest BCUT2D eigenvalue weighted by Gasteiger charge is 2.30. The molecule has 1 amide bonds. The smallest absolute Gasteiger partial charge is 0.260 e. The van der Waals surface area contributed by atoms with E-state index in [-0.39, 0.29) is 23.8 Å². The molecule has 5 nitrogen and oxygen atoms in total. The Morgan fingerprint density at radius 3 is 2.55 bits per heavy atom. The summed E-state index contributed by atoms with van der Waals surface area (Å²) in [4.78, 5) is 28.5. The number of aryl methyl sites for hydroxylation is 1. The number of anilines is 1. The van der Waals surface area contributed by atoms with E-state index in [1.54, 1.807) is 30.2 Å². The van der Waals surface area contributed by atoms with Crippen molar-refractivity contribution >= 4 is 23.2 Å². The Balaban J connectivity index is 1.96. The minimum atomic E-state index is -0.388. The molecule has 1 aromatic heterocycles. The first-order chi connectivity index (χ1) is 15.0. The first-order valence-corrected chi connectivity index (χ1v) is 10.5. The Hall–Kier alpha value is -2.96. The average molecular weight is 441 g/mol. The standard InChI is InChI=1S/C24H22ClFN2O3/c1-31-14-13-28-21(29)15-17-5-4-12-27(20-7-3-2-6-19(20)25)24(30)22(17)23(28)16-8-10-18(26)11-9-16/h2-3,6-11,15H,4-5,12-14H2,1H3. The van der Waals surface area contributed by atoms with E-state index in [1.165, 1.54) is 22.8 Å². The summed E-state index contributed by atoms with van der Waals surface area (Å²) in [6, 6.07) is 14.6. The van der Waals surface area contributed by atoms with Crippen molar-refractivity contribution in [1.29, 1.82) is 0 Å². The maximum Gasteiger partial charge on any atom is 0.260 e. The van der Waals surface area contributed by atoms with E-state index in [0.29, 0.717) is 59.1 Å². The van der Waals surface area contributed by atoms with E-state index in [4.69, 9.17) is 16.3 Å². The van der Waals surface area contributed by atoms with Crippen LogP contribution in [-0.4, -0.2) is 30.7 Å². The number of hydrogen-bond donors (Lipinski definition) is 0. The van der Waals surface area contributed by atoms with Gasteiger partial charge in [0.1, 0.15) is 5.82 Å². The SMILES string of the molecule is COCCn1c(-c2ccc(F)cc2)c2c(cc1=O)CCCN(c1ccccc1Cl)C2=O. The van der Waals surface area contributed by atoms with Crippen LogP contribution in [0.3, 0.4) is 0 Å². The number of benzene rings is 2. The lowest BCUT2D eigenvalue weighted by Crippen LogP contribution is -2.34. The van der Waals surface area contributed by atoms with Gasteiger partial charge in [-0.05, 0) is 60.4 Å². The van der Waals surface area contributed by atoms with Crippen LogP contribution in [0, 0.1) is 5.82 Å². The molecule has 7 heteroatoms. The van der Waals surface area contributed by atoms with E-state index in [1.807, 2.05) is 18.2 Å². The van der Waals surface area contributed by atoms with Gasteiger partial charge in [0.15, 0.2) is 0 Å². The number of methoxy groups -OCH3 is 1. The summed E-state index contributed by atoms with van der Waals surface area (Å²) in [5.74, 6) is -0.619. The molecule has 0 unspecified atom stereocenters. The maximum atomic E-state index is 13.8. The summed E-state index contributed by atoms with van der Waals surface area (Å²) >= 11 is 6.40. The number of amides is 1. The zero-order chi connectivity index (χ0) is 22.0. The topological polar surface area (TPSA) is 51.5 Å². The number of fused-ring (bicyclic) bond motifs is 1. The van der Waals surface area contributed by atoms with E-state index >= 15 is 0 Å². The molecular formula is C24H22ClFN2O3. The molecule has 0 aliphatic carbocycles. The van der Waals surface area contributed by atoms with Crippen LogP contribution in [0.15, 0.2) is 59.4 Å². The third-order valence-corrected chi connectivity index (χ3v) is 5.78. The Morgan fingerprint density at radius 1 is 1.10 bits per heavy atom. The number of hydrogen-bond acceptors (Lipinski definition) is 3. The molecule has 2 heterocycles. The average Bonchev–Trinajstić information content (AvgIpc) is 2.92. The summed E-state index contributed by atoms with van der Waals surface area (Å²) in [7, 11) is 1.55. The Morgan fingerprint density at radius 2 is 1.84 bits per heavy atom. The minimum absolute atomic E-state index is 0.214. The molecule has 31 heavy (non-hydrogen) atoms. The normalized spacial score (nSPS) is 13.8. The van der Waals surface area contributed by atoms with Crippen molar-refractivity contribution in [3.05, 3.63) is 86.9 Å². The Bertz CT molecular complexity index is 1170. The largest absolute Gasteiger partial charge is 0.383 e. The van der Waals surface area contributed by atoms with Gasteiger partial charge in [0.25, 0.3) is 11.5 Å². The van der Waals surface area contributed by atoms with Gasteiger partial charge in [-0.1, -0.05) is 23.7 Å². The second kappa shape index (κ2) is 9.04. The Kier molecular flexibility index (Phi) is 6.20. The lowest BCUT2D eigenvalue weighted by atomic mass is 9.97. The molecule has 0 spiro atoms. The summed E-state index contributed by atoms with van der Waals surface area (Å²) in [6.07, 6.45) is 1.27. The van der Waals surface area contributed by atoms with E-state index in [9.17, 15) is 14.0 Å². The van der Waals surface area contributed by atoms with Crippen LogP contribution in [0.1, 0.15) is 22.3 Å². The first kappa shape index (κ1) is 21.3. The highest BCUT2D eigenvalue weighted by Crippen LogP contribution is 2.33. The van der Waals surface area contributed by atoms with Gasteiger partial charge in [0, 0.05) is 26.3 Å². The van der Waals surface area contributed by atoms with Crippen molar-refractivity contribution < 1.29 is 13.9 Å². The third-order valence-electron chi connectivity index (χ3n) is 5.46. The molecular weight excluding hydrogens is 419 g/mol. The van der Waals surface area contributed by atoms with Crippen molar-refractivity contribution in [2.45, 2.75) is 19.4 Å². The molecule has 4 rings (SSSR count). The molecule has 160 valence electrons. The van der Waals surface area contributed by atoms with Crippen LogP contribution in [0.5, 0.6) is 0 Å². The zero-order valence-corrected chi connectivity index (χ0v) is 17.9. The third kappa shape index (κ3) is 4.13. The second-order valence-electron chi connectivity index (χ2n) is 7.39. The number of pyridine rings is 1. The van der Waals surface area contributed by atoms with Gasteiger partial charge in [-0.15, -0.1) is 0 Å².